The summed E-state index contributed by atoms with van der Waals surface area (Å²) in [6.07, 6.45) is -2.59. The monoisotopic (exact) mass is 357 g/mol. The van der Waals surface area contributed by atoms with Crippen LogP contribution in [0.4, 0.5) is 13.2 Å². The van der Waals surface area contributed by atoms with Crippen molar-refractivity contribution < 1.29 is 17.9 Å². The van der Waals surface area contributed by atoms with Crippen molar-refractivity contribution in [1.82, 2.24) is 10.6 Å². The summed E-state index contributed by atoms with van der Waals surface area (Å²) in [6, 6.07) is 5.62. The fourth-order valence-corrected chi connectivity index (χ4v) is 2.59. The molecule has 0 saturated heterocycles. The molecule has 1 saturated carbocycles. The van der Waals surface area contributed by atoms with E-state index in [1.807, 2.05) is 13.8 Å². The second-order valence-corrected chi connectivity index (χ2v) is 7.10. The Kier molecular flexibility index (Phi) is 5.66. The van der Waals surface area contributed by atoms with Crippen LogP contribution in [0, 0.1) is 0 Å². The molecule has 0 atom stereocenters. The molecule has 1 aliphatic rings. The van der Waals surface area contributed by atoms with Gasteiger partial charge in [0.2, 0.25) is 0 Å². The summed E-state index contributed by atoms with van der Waals surface area (Å²) >= 11 is 0. The lowest BCUT2D eigenvalue weighted by Gasteiger charge is -2.25. The first kappa shape index (κ1) is 19.6. The van der Waals surface area contributed by atoms with Gasteiger partial charge in [0.1, 0.15) is 0 Å². The van der Waals surface area contributed by atoms with Gasteiger partial charge in [-0.1, -0.05) is 18.2 Å². The number of benzene rings is 1. The van der Waals surface area contributed by atoms with E-state index in [-0.39, 0.29) is 11.0 Å². The van der Waals surface area contributed by atoms with E-state index in [0.717, 1.165) is 24.5 Å². The summed E-state index contributed by atoms with van der Waals surface area (Å²) in [5, 5.41) is 6.41. The average molecular weight is 357 g/mol. The van der Waals surface area contributed by atoms with Crippen LogP contribution in [0.25, 0.3) is 0 Å². The largest absolute Gasteiger partial charge is 0.416 e. The van der Waals surface area contributed by atoms with Crippen molar-refractivity contribution in [1.29, 1.82) is 0 Å². The minimum atomic E-state index is -4.32. The molecule has 2 N–H and O–H groups in total. The molecule has 0 amide bonds. The van der Waals surface area contributed by atoms with Crippen LogP contribution in [-0.2, 0) is 16.3 Å². The van der Waals surface area contributed by atoms with Crippen LogP contribution in [0.2, 0.25) is 0 Å². The molecule has 1 aliphatic carbocycles. The highest BCUT2D eigenvalue weighted by Gasteiger charge is 2.45. The van der Waals surface area contributed by atoms with Gasteiger partial charge in [-0.3, -0.25) is 4.99 Å². The van der Waals surface area contributed by atoms with Crippen molar-refractivity contribution in [2.45, 2.75) is 43.9 Å². The lowest BCUT2D eigenvalue weighted by Crippen LogP contribution is -2.47. The van der Waals surface area contributed by atoms with Crippen molar-refractivity contribution in [3.05, 3.63) is 35.4 Å². The van der Waals surface area contributed by atoms with E-state index < -0.39 is 11.7 Å². The van der Waals surface area contributed by atoms with E-state index in [2.05, 4.69) is 15.6 Å². The molecule has 0 aromatic heterocycles. The van der Waals surface area contributed by atoms with Crippen LogP contribution in [0.3, 0.4) is 0 Å². The van der Waals surface area contributed by atoms with Gasteiger partial charge in [-0.05, 0) is 38.3 Å². The first-order valence-electron chi connectivity index (χ1n) is 8.29. The maximum absolute atomic E-state index is 12.9. The number of hydrogen-bond acceptors (Lipinski definition) is 2. The Morgan fingerprint density at radius 3 is 2.44 bits per heavy atom. The molecule has 140 valence electrons. The number of aliphatic imine (C=N–C) groups is 1. The van der Waals surface area contributed by atoms with Gasteiger partial charge in [0.05, 0.1) is 11.2 Å². The molecule has 0 heterocycles. The number of alkyl halides is 3. The molecular weight excluding hydrogens is 331 g/mol. The van der Waals surface area contributed by atoms with Crippen LogP contribution in [-0.4, -0.2) is 38.8 Å². The second kappa shape index (κ2) is 7.23. The normalized spacial score (nSPS) is 17.3. The average Bonchev–Trinajstić information content (AvgIpc) is 3.35. The van der Waals surface area contributed by atoms with Crippen molar-refractivity contribution in [3.63, 3.8) is 0 Å². The number of ether oxygens (including phenoxy) is 1. The molecular formula is C18H26F3N3O. The van der Waals surface area contributed by atoms with Gasteiger partial charge in [-0.25, -0.2) is 0 Å². The molecule has 0 unspecified atom stereocenters. The van der Waals surface area contributed by atoms with Gasteiger partial charge < -0.3 is 15.4 Å². The molecule has 0 bridgehead atoms. The highest BCUT2D eigenvalue weighted by atomic mass is 19.4. The molecule has 1 aromatic carbocycles. The summed E-state index contributed by atoms with van der Waals surface area (Å²) in [7, 11) is 3.31. The summed E-state index contributed by atoms with van der Waals surface area (Å²) in [4.78, 5) is 4.17. The zero-order chi connectivity index (χ0) is 18.7. The lowest BCUT2D eigenvalue weighted by atomic mass is 9.94. The number of nitrogens with one attached hydrogen (secondary N) is 2. The van der Waals surface area contributed by atoms with E-state index in [1.54, 1.807) is 20.2 Å². The van der Waals surface area contributed by atoms with Gasteiger partial charge in [0.15, 0.2) is 5.96 Å². The highest BCUT2D eigenvalue weighted by Crippen LogP contribution is 2.48. The Labute approximate surface area is 146 Å². The third-order valence-corrected chi connectivity index (χ3v) is 4.71. The van der Waals surface area contributed by atoms with E-state index in [4.69, 9.17) is 4.74 Å². The number of nitrogens with zero attached hydrogens (tertiary/aromatic N) is 1. The molecule has 2 rings (SSSR count). The minimum Gasteiger partial charge on any atom is -0.377 e. The summed E-state index contributed by atoms with van der Waals surface area (Å²) in [5.74, 6) is 0.614. The van der Waals surface area contributed by atoms with Crippen LogP contribution < -0.4 is 10.6 Å². The molecule has 1 fully saturated rings. The standard InChI is InChI=1S/C18H26F3N3O/c1-16(2,25-4)11-23-15(22-3)24-12-17(8-9-17)13-6-5-7-14(10-13)18(19,20)21/h5-7,10H,8-9,11-12H2,1-4H3,(H2,22,23,24). The van der Waals surface area contributed by atoms with Gasteiger partial charge >= 0.3 is 6.18 Å². The molecule has 1 aromatic rings. The summed E-state index contributed by atoms with van der Waals surface area (Å²) in [6.45, 7) is 5.03. The van der Waals surface area contributed by atoms with Gasteiger partial charge in [0.25, 0.3) is 0 Å². The fourth-order valence-electron chi connectivity index (χ4n) is 2.59. The van der Waals surface area contributed by atoms with E-state index in [9.17, 15) is 13.2 Å². The van der Waals surface area contributed by atoms with Crippen molar-refractivity contribution >= 4 is 5.96 Å². The second-order valence-electron chi connectivity index (χ2n) is 7.10. The maximum atomic E-state index is 12.9. The Balaban J connectivity index is 2.00. The maximum Gasteiger partial charge on any atom is 0.416 e. The van der Waals surface area contributed by atoms with Crippen molar-refractivity contribution in [2.24, 2.45) is 4.99 Å². The van der Waals surface area contributed by atoms with Gasteiger partial charge in [-0.15, -0.1) is 0 Å². The first-order valence-corrected chi connectivity index (χ1v) is 8.29. The lowest BCUT2D eigenvalue weighted by molar-refractivity contribution is -0.137. The Morgan fingerprint density at radius 2 is 1.92 bits per heavy atom. The topological polar surface area (TPSA) is 45.7 Å². The Hall–Kier alpha value is -1.76. The van der Waals surface area contributed by atoms with E-state index in [0.29, 0.717) is 19.0 Å². The van der Waals surface area contributed by atoms with Gasteiger partial charge in [0, 0.05) is 32.7 Å². The first-order chi connectivity index (χ1) is 11.6. The summed E-state index contributed by atoms with van der Waals surface area (Å²) in [5.41, 5.74) is -0.464. The Morgan fingerprint density at radius 1 is 1.24 bits per heavy atom. The number of methoxy groups -OCH3 is 1. The number of guanidine groups is 1. The zero-order valence-electron chi connectivity index (χ0n) is 15.1. The summed E-state index contributed by atoms with van der Waals surface area (Å²) < 4.78 is 44.2. The van der Waals surface area contributed by atoms with Crippen LogP contribution >= 0.6 is 0 Å². The van der Waals surface area contributed by atoms with Gasteiger partial charge in [-0.2, -0.15) is 13.2 Å². The highest BCUT2D eigenvalue weighted by molar-refractivity contribution is 5.79. The van der Waals surface area contributed by atoms with E-state index >= 15 is 0 Å². The molecule has 7 heteroatoms. The minimum absolute atomic E-state index is 0.254. The SMILES string of the molecule is CN=C(NCC(C)(C)OC)NCC1(c2cccc(C(F)(F)F)c2)CC1. The quantitative estimate of drug-likeness (QED) is 0.606. The number of halogens is 3. The smallest absolute Gasteiger partial charge is 0.377 e. The number of hydrogen-bond donors (Lipinski definition) is 2. The van der Waals surface area contributed by atoms with Crippen LogP contribution in [0.5, 0.6) is 0 Å². The van der Waals surface area contributed by atoms with Crippen LogP contribution in [0.1, 0.15) is 37.8 Å². The number of rotatable bonds is 6. The predicted molar refractivity (Wildman–Crippen MR) is 92.8 cm³/mol. The molecule has 25 heavy (non-hydrogen) atoms. The molecule has 0 aliphatic heterocycles. The van der Waals surface area contributed by atoms with Crippen molar-refractivity contribution in [2.75, 3.05) is 27.2 Å². The molecule has 4 nitrogen and oxygen atoms in total. The van der Waals surface area contributed by atoms with E-state index in [1.165, 1.54) is 12.1 Å². The zero-order valence-corrected chi connectivity index (χ0v) is 15.1. The molecule has 0 radical (unpaired) electrons. The Bertz CT molecular complexity index is 622. The molecule has 0 spiro atoms. The van der Waals surface area contributed by atoms with Crippen LogP contribution in [0.15, 0.2) is 29.3 Å². The third kappa shape index (κ3) is 5.11. The van der Waals surface area contributed by atoms with Crippen molar-refractivity contribution in [3.8, 4) is 0 Å². The predicted octanol–water partition coefficient (Wildman–Crippen LogP) is 3.33. The fraction of sp³-hybridized carbons (Fsp3) is 0.611. The third-order valence-electron chi connectivity index (χ3n) is 4.71.